The molecule has 2 rings (SSSR count). The lowest BCUT2D eigenvalue weighted by Crippen LogP contribution is -2.31. The number of carbonyl (C=O) groups excluding carboxylic acids is 1. The summed E-state index contributed by atoms with van der Waals surface area (Å²) in [5.74, 6) is 0.400. The Morgan fingerprint density at radius 1 is 1.29 bits per heavy atom. The van der Waals surface area contributed by atoms with Gasteiger partial charge in [-0.15, -0.1) is 0 Å². The van der Waals surface area contributed by atoms with Gasteiger partial charge >= 0.3 is 5.97 Å². The molecule has 1 aromatic rings. The number of benzene rings is 1. The molecule has 4 heteroatoms. The molecule has 1 atom stereocenters. The molecule has 0 aromatic heterocycles. The molecule has 0 amide bonds. The standard InChI is InChI=1S/C17H25NO3/c1-20-17(19)16(11-14-7-5-6-8-14)12-18-21-13-15-9-3-2-4-10-15/h2-4,9-10,14,16,18H,5-8,11-13H2,1H3/t16-/m1/s1. The van der Waals surface area contributed by atoms with E-state index in [-0.39, 0.29) is 11.9 Å². The van der Waals surface area contributed by atoms with Crippen molar-refractivity contribution in [1.29, 1.82) is 0 Å². The maximum Gasteiger partial charge on any atom is 0.310 e. The van der Waals surface area contributed by atoms with Crippen LogP contribution in [-0.2, 0) is 21.0 Å². The second-order valence-corrected chi connectivity index (χ2v) is 5.73. The average Bonchev–Trinajstić information content (AvgIpc) is 3.03. The largest absolute Gasteiger partial charge is 0.469 e. The van der Waals surface area contributed by atoms with E-state index in [4.69, 9.17) is 9.57 Å². The van der Waals surface area contributed by atoms with Gasteiger partial charge < -0.3 is 4.74 Å². The molecule has 0 aliphatic heterocycles. The van der Waals surface area contributed by atoms with Crippen molar-refractivity contribution < 1.29 is 14.4 Å². The summed E-state index contributed by atoms with van der Waals surface area (Å²) in [7, 11) is 1.45. The van der Waals surface area contributed by atoms with E-state index in [2.05, 4.69) is 5.48 Å². The Hall–Kier alpha value is -1.39. The second-order valence-electron chi connectivity index (χ2n) is 5.73. The van der Waals surface area contributed by atoms with Gasteiger partial charge in [-0.1, -0.05) is 56.0 Å². The first-order valence-electron chi connectivity index (χ1n) is 7.76. The molecular formula is C17H25NO3. The monoisotopic (exact) mass is 291 g/mol. The van der Waals surface area contributed by atoms with Gasteiger partial charge in [0.2, 0.25) is 0 Å². The molecule has 0 radical (unpaired) electrons. The minimum atomic E-state index is -0.141. The Bertz CT molecular complexity index is 415. The van der Waals surface area contributed by atoms with Crippen LogP contribution in [0.3, 0.4) is 0 Å². The summed E-state index contributed by atoms with van der Waals surface area (Å²) in [4.78, 5) is 17.3. The Balaban J connectivity index is 1.72. The highest BCUT2D eigenvalue weighted by Crippen LogP contribution is 2.30. The van der Waals surface area contributed by atoms with E-state index in [1.165, 1.54) is 32.8 Å². The van der Waals surface area contributed by atoms with Crippen molar-refractivity contribution in [3.63, 3.8) is 0 Å². The fourth-order valence-corrected chi connectivity index (χ4v) is 2.95. The summed E-state index contributed by atoms with van der Waals surface area (Å²) in [6.07, 6.45) is 5.94. The molecule has 1 saturated carbocycles. The zero-order valence-electron chi connectivity index (χ0n) is 12.7. The van der Waals surface area contributed by atoms with Crippen molar-refractivity contribution in [1.82, 2.24) is 5.48 Å². The van der Waals surface area contributed by atoms with Crippen LogP contribution in [0.5, 0.6) is 0 Å². The topological polar surface area (TPSA) is 47.6 Å². The van der Waals surface area contributed by atoms with E-state index in [9.17, 15) is 4.79 Å². The minimum absolute atomic E-state index is 0.117. The zero-order chi connectivity index (χ0) is 14.9. The van der Waals surface area contributed by atoms with Crippen LogP contribution in [-0.4, -0.2) is 19.6 Å². The first kappa shape index (κ1) is 16.0. The van der Waals surface area contributed by atoms with Crippen molar-refractivity contribution in [2.75, 3.05) is 13.7 Å². The normalized spacial score (nSPS) is 16.8. The molecule has 1 N–H and O–H groups in total. The molecule has 116 valence electrons. The minimum Gasteiger partial charge on any atom is -0.469 e. The van der Waals surface area contributed by atoms with Gasteiger partial charge in [-0.25, -0.2) is 5.48 Å². The number of esters is 1. The number of methoxy groups -OCH3 is 1. The van der Waals surface area contributed by atoms with Crippen LogP contribution in [0.25, 0.3) is 0 Å². The van der Waals surface area contributed by atoms with Gasteiger partial charge in [0.05, 0.1) is 19.6 Å². The number of hydroxylamine groups is 1. The van der Waals surface area contributed by atoms with E-state index in [1.54, 1.807) is 0 Å². The van der Waals surface area contributed by atoms with E-state index >= 15 is 0 Å². The summed E-state index contributed by atoms with van der Waals surface area (Å²) in [6.45, 7) is 1.01. The first-order valence-corrected chi connectivity index (χ1v) is 7.76. The van der Waals surface area contributed by atoms with E-state index in [1.807, 2.05) is 30.3 Å². The summed E-state index contributed by atoms with van der Waals surface area (Å²) < 4.78 is 4.90. The fourth-order valence-electron chi connectivity index (χ4n) is 2.95. The highest BCUT2D eigenvalue weighted by atomic mass is 16.6. The average molecular weight is 291 g/mol. The smallest absolute Gasteiger partial charge is 0.310 e. The Morgan fingerprint density at radius 2 is 2.00 bits per heavy atom. The maximum absolute atomic E-state index is 11.8. The Labute approximate surface area is 126 Å². The van der Waals surface area contributed by atoms with Gasteiger partial charge in [-0.05, 0) is 17.9 Å². The number of nitrogens with one attached hydrogen (secondary N) is 1. The van der Waals surface area contributed by atoms with Gasteiger partial charge in [0, 0.05) is 6.54 Å². The lowest BCUT2D eigenvalue weighted by molar-refractivity contribution is -0.147. The number of ether oxygens (including phenoxy) is 1. The van der Waals surface area contributed by atoms with Crippen LogP contribution in [0.1, 0.15) is 37.7 Å². The summed E-state index contributed by atoms with van der Waals surface area (Å²) in [6, 6.07) is 9.97. The summed E-state index contributed by atoms with van der Waals surface area (Å²) in [5.41, 5.74) is 4.03. The number of carbonyl (C=O) groups is 1. The number of rotatable bonds is 8. The van der Waals surface area contributed by atoms with Crippen molar-refractivity contribution in [3.05, 3.63) is 35.9 Å². The van der Waals surface area contributed by atoms with Gasteiger partial charge in [-0.3, -0.25) is 9.63 Å². The number of hydrogen-bond acceptors (Lipinski definition) is 4. The first-order chi connectivity index (χ1) is 10.3. The van der Waals surface area contributed by atoms with Crippen molar-refractivity contribution in [2.45, 2.75) is 38.7 Å². The van der Waals surface area contributed by atoms with Crippen LogP contribution < -0.4 is 5.48 Å². The molecule has 1 aliphatic rings. The van der Waals surface area contributed by atoms with Gasteiger partial charge in [-0.2, -0.15) is 0 Å². The molecular weight excluding hydrogens is 266 g/mol. The molecule has 21 heavy (non-hydrogen) atoms. The highest BCUT2D eigenvalue weighted by Gasteiger charge is 2.25. The maximum atomic E-state index is 11.8. The van der Waals surface area contributed by atoms with Gasteiger partial charge in [0.25, 0.3) is 0 Å². The molecule has 4 nitrogen and oxygen atoms in total. The molecule has 0 bridgehead atoms. The molecule has 0 saturated heterocycles. The van der Waals surface area contributed by atoms with Gasteiger partial charge in [0.15, 0.2) is 0 Å². The van der Waals surface area contributed by atoms with Crippen LogP contribution in [0.4, 0.5) is 0 Å². The molecule has 0 heterocycles. The van der Waals surface area contributed by atoms with Crippen LogP contribution in [0.15, 0.2) is 30.3 Å². The zero-order valence-corrected chi connectivity index (χ0v) is 12.7. The third-order valence-electron chi connectivity index (χ3n) is 4.14. The van der Waals surface area contributed by atoms with Crippen molar-refractivity contribution in [3.8, 4) is 0 Å². The van der Waals surface area contributed by atoms with E-state index < -0.39 is 0 Å². The van der Waals surface area contributed by atoms with Crippen LogP contribution in [0, 0.1) is 11.8 Å². The lowest BCUT2D eigenvalue weighted by Gasteiger charge is -2.18. The Morgan fingerprint density at radius 3 is 2.67 bits per heavy atom. The van der Waals surface area contributed by atoms with Gasteiger partial charge in [0.1, 0.15) is 0 Å². The van der Waals surface area contributed by atoms with E-state index in [0.717, 1.165) is 12.0 Å². The predicted molar refractivity (Wildman–Crippen MR) is 81.3 cm³/mol. The highest BCUT2D eigenvalue weighted by molar-refractivity contribution is 5.72. The second kappa shape index (κ2) is 8.80. The molecule has 1 aromatic carbocycles. The van der Waals surface area contributed by atoms with Crippen LogP contribution >= 0.6 is 0 Å². The molecule has 1 aliphatic carbocycles. The van der Waals surface area contributed by atoms with Crippen molar-refractivity contribution in [2.24, 2.45) is 11.8 Å². The van der Waals surface area contributed by atoms with Crippen LogP contribution in [0.2, 0.25) is 0 Å². The molecule has 1 fully saturated rings. The fraction of sp³-hybridized carbons (Fsp3) is 0.588. The Kier molecular flexibility index (Phi) is 6.70. The van der Waals surface area contributed by atoms with E-state index in [0.29, 0.717) is 19.1 Å². The molecule has 0 unspecified atom stereocenters. The lowest BCUT2D eigenvalue weighted by atomic mass is 9.93. The van der Waals surface area contributed by atoms with Crippen molar-refractivity contribution >= 4 is 5.97 Å². The third-order valence-corrected chi connectivity index (χ3v) is 4.14. The summed E-state index contributed by atoms with van der Waals surface area (Å²) in [5, 5.41) is 0. The third kappa shape index (κ3) is 5.48. The molecule has 0 spiro atoms. The number of hydrogen-bond donors (Lipinski definition) is 1. The predicted octanol–water partition coefficient (Wildman–Crippen LogP) is 3.08. The SMILES string of the molecule is COC(=O)[C@@H](CNOCc1ccccc1)CC1CCCC1. The summed E-state index contributed by atoms with van der Waals surface area (Å²) >= 11 is 0. The quantitative estimate of drug-likeness (QED) is 0.454.